The summed E-state index contributed by atoms with van der Waals surface area (Å²) in [6.45, 7) is 7.43. The van der Waals surface area contributed by atoms with Crippen LogP contribution < -0.4 is 15.4 Å². The minimum Gasteiger partial charge on any atom is -0.488 e. The van der Waals surface area contributed by atoms with Crippen molar-refractivity contribution in [3.63, 3.8) is 0 Å². The summed E-state index contributed by atoms with van der Waals surface area (Å²) in [6, 6.07) is 3.83. The van der Waals surface area contributed by atoms with Gasteiger partial charge in [-0.1, -0.05) is 6.92 Å². The Morgan fingerprint density at radius 2 is 2.00 bits per heavy atom. The summed E-state index contributed by atoms with van der Waals surface area (Å²) in [5.41, 5.74) is 0.639. The van der Waals surface area contributed by atoms with Crippen molar-refractivity contribution in [2.45, 2.75) is 45.9 Å². The number of aliphatic hydroxyl groups is 1. The molecule has 1 aromatic rings. The molecule has 0 fully saturated rings. The van der Waals surface area contributed by atoms with E-state index in [9.17, 15) is 23.1 Å². The standard InChI is InChI=1S/C21H34N4O6S/c1-13(2)22-21(28)23-16-7-8-18-17(9-16)20(27)25(15(4)12-26)10-14(3)19(31-18)11-24(5)32(6,29)30/h7-9,13-15,19,26H,10-12H2,1-6H3,(H2,22,23,28)/t14-,15+,19+/m1/s1. The highest BCUT2D eigenvalue weighted by Crippen LogP contribution is 2.30. The maximum atomic E-state index is 13.3. The number of carbonyl (C=O) groups excluding carboxylic acids is 2. The van der Waals surface area contributed by atoms with Gasteiger partial charge >= 0.3 is 6.03 Å². The smallest absolute Gasteiger partial charge is 0.319 e. The Morgan fingerprint density at radius 3 is 2.56 bits per heavy atom. The zero-order valence-electron chi connectivity index (χ0n) is 19.5. The van der Waals surface area contributed by atoms with E-state index in [0.717, 1.165) is 6.26 Å². The van der Waals surface area contributed by atoms with E-state index in [1.165, 1.54) is 17.4 Å². The van der Waals surface area contributed by atoms with Crippen LogP contribution in [0.15, 0.2) is 18.2 Å². The monoisotopic (exact) mass is 470 g/mol. The largest absolute Gasteiger partial charge is 0.488 e. The summed E-state index contributed by atoms with van der Waals surface area (Å²) in [7, 11) is -1.94. The number of carbonyl (C=O) groups is 2. The van der Waals surface area contributed by atoms with E-state index in [-0.39, 0.29) is 43.1 Å². The van der Waals surface area contributed by atoms with Gasteiger partial charge in [0.15, 0.2) is 0 Å². The summed E-state index contributed by atoms with van der Waals surface area (Å²) >= 11 is 0. The molecule has 0 saturated carbocycles. The highest BCUT2D eigenvalue weighted by Gasteiger charge is 2.34. The van der Waals surface area contributed by atoms with E-state index in [1.807, 2.05) is 20.8 Å². The third-order valence-electron chi connectivity index (χ3n) is 5.35. The highest BCUT2D eigenvalue weighted by molar-refractivity contribution is 7.88. The van der Waals surface area contributed by atoms with Crippen LogP contribution in [0.4, 0.5) is 10.5 Å². The quantitative estimate of drug-likeness (QED) is 0.552. The number of rotatable bonds is 7. The summed E-state index contributed by atoms with van der Waals surface area (Å²) in [5, 5.41) is 15.1. The molecule has 11 heteroatoms. The van der Waals surface area contributed by atoms with Crippen LogP contribution in [-0.4, -0.2) is 85.9 Å². The average Bonchev–Trinajstić information content (AvgIpc) is 2.69. The summed E-state index contributed by atoms with van der Waals surface area (Å²) in [6.07, 6.45) is 0.594. The number of nitrogens with zero attached hydrogens (tertiary/aromatic N) is 2. The lowest BCUT2D eigenvalue weighted by molar-refractivity contribution is 0.0387. The second-order valence-corrected chi connectivity index (χ2v) is 10.7. The second kappa shape index (κ2) is 10.5. The Morgan fingerprint density at radius 1 is 1.34 bits per heavy atom. The topological polar surface area (TPSA) is 128 Å². The average molecular weight is 471 g/mol. The van der Waals surface area contributed by atoms with Crippen molar-refractivity contribution in [2.75, 3.05) is 38.3 Å². The molecule has 0 bridgehead atoms. The van der Waals surface area contributed by atoms with E-state index in [4.69, 9.17) is 4.74 Å². The Kier molecular flexibility index (Phi) is 8.49. The first-order chi connectivity index (χ1) is 14.8. The number of benzene rings is 1. The van der Waals surface area contributed by atoms with Crippen molar-refractivity contribution in [3.8, 4) is 5.75 Å². The summed E-state index contributed by atoms with van der Waals surface area (Å²) in [4.78, 5) is 27.0. The third kappa shape index (κ3) is 6.57. The first-order valence-corrected chi connectivity index (χ1v) is 12.4. The predicted molar refractivity (Wildman–Crippen MR) is 122 cm³/mol. The number of likely N-dealkylation sites (N-methyl/N-ethyl adjacent to an activating group) is 1. The number of amides is 3. The van der Waals surface area contributed by atoms with Gasteiger partial charge in [-0.05, 0) is 39.0 Å². The van der Waals surface area contributed by atoms with Gasteiger partial charge in [-0.25, -0.2) is 17.5 Å². The van der Waals surface area contributed by atoms with Gasteiger partial charge in [-0.3, -0.25) is 4.79 Å². The van der Waals surface area contributed by atoms with Crippen molar-refractivity contribution in [1.29, 1.82) is 0 Å². The Hall–Kier alpha value is -2.37. The number of anilines is 1. The van der Waals surface area contributed by atoms with Crippen LogP contribution in [0.3, 0.4) is 0 Å². The van der Waals surface area contributed by atoms with Crippen molar-refractivity contribution in [2.24, 2.45) is 5.92 Å². The molecule has 32 heavy (non-hydrogen) atoms. The molecule has 0 radical (unpaired) electrons. The van der Waals surface area contributed by atoms with E-state index >= 15 is 0 Å². The van der Waals surface area contributed by atoms with Crippen molar-refractivity contribution in [1.82, 2.24) is 14.5 Å². The van der Waals surface area contributed by atoms with Crippen LogP contribution in [0.2, 0.25) is 0 Å². The lowest BCUT2D eigenvalue weighted by Crippen LogP contribution is -2.50. The maximum Gasteiger partial charge on any atom is 0.319 e. The molecular weight excluding hydrogens is 436 g/mol. The van der Waals surface area contributed by atoms with Crippen LogP contribution in [0.25, 0.3) is 0 Å². The fourth-order valence-electron chi connectivity index (χ4n) is 3.34. The fraction of sp³-hybridized carbons (Fsp3) is 0.619. The second-order valence-electron chi connectivity index (χ2n) is 8.63. The number of hydrogen-bond donors (Lipinski definition) is 3. The molecule has 180 valence electrons. The molecule has 1 aliphatic heterocycles. The lowest BCUT2D eigenvalue weighted by Gasteiger charge is -2.38. The fourth-order valence-corrected chi connectivity index (χ4v) is 3.75. The molecule has 0 aromatic heterocycles. The number of hydrogen-bond acceptors (Lipinski definition) is 6. The molecule has 10 nitrogen and oxygen atoms in total. The number of sulfonamides is 1. The number of ether oxygens (including phenoxy) is 1. The van der Waals surface area contributed by atoms with E-state index in [0.29, 0.717) is 11.4 Å². The van der Waals surface area contributed by atoms with Crippen molar-refractivity contribution >= 4 is 27.6 Å². The minimum atomic E-state index is -3.42. The molecule has 3 N–H and O–H groups in total. The number of fused-ring (bicyclic) bond motifs is 1. The first kappa shape index (κ1) is 25.9. The van der Waals surface area contributed by atoms with Crippen LogP contribution in [-0.2, 0) is 10.0 Å². The van der Waals surface area contributed by atoms with E-state index in [1.54, 1.807) is 24.0 Å². The molecular formula is C21H34N4O6S. The zero-order chi connectivity index (χ0) is 24.2. The molecule has 1 heterocycles. The van der Waals surface area contributed by atoms with Gasteiger partial charge in [-0.15, -0.1) is 0 Å². The normalized spacial score (nSPS) is 20.3. The molecule has 2 rings (SSSR count). The van der Waals surface area contributed by atoms with Crippen LogP contribution in [0.1, 0.15) is 38.1 Å². The Labute approximate surface area is 190 Å². The molecule has 0 aliphatic carbocycles. The molecule has 3 amide bonds. The summed E-state index contributed by atoms with van der Waals surface area (Å²) < 4.78 is 31.2. The van der Waals surface area contributed by atoms with Gasteiger partial charge in [0.2, 0.25) is 10.0 Å². The number of nitrogens with one attached hydrogen (secondary N) is 2. The van der Waals surface area contributed by atoms with Gasteiger partial charge < -0.3 is 25.4 Å². The van der Waals surface area contributed by atoms with Gasteiger partial charge in [-0.2, -0.15) is 0 Å². The highest BCUT2D eigenvalue weighted by atomic mass is 32.2. The molecule has 1 aromatic carbocycles. The Balaban J connectivity index is 2.44. The molecule has 0 unspecified atom stereocenters. The van der Waals surface area contributed by atoms with Crippen molar-refractivity contribution < 1.29 is 27.9 Å². The zero-order valence-corrected chi connectivity index (χ0v) is 20.3. The number of aliphatic hydroxyl groups excluding tert-OH is 1. The van der Waals surface area contributed by atoms with Crippen molar-refractivity contribution in [3.05, 3.63) is 23.8 Å². The Bertz CT molecular complexity index is 936. The predicted octanol–water partition coefficient (Wildman–Crippen LogP) is 1.33. The molecule has 0 saturated heterocycles. The molecule has 3 atom stereocenters. The first-order valence-electron chi connectivity index (χ1n) is 10.5. The third-order valence-corrected chi connectivity index (χ3v) is 6.63. The number of urea groups is 1. The van der Waals surface area contributed by atoms with Crippen LogP contribution in [0, 0.1) is 5.92 Å². The van der Waals surface area contributed by atoms with Gasteiger partial charge in [0.1, 0.15) is 11.9 Å². The maximum absolute atomic E-state index is 13.3. The summed E-state index contributed by atoms with van der Waals surface area (Å²) in [5.74, 6) is -0.255. The van der Waals surface area contributed by atoms with E-state index in [2.05, 4.69) is 10.6 Å². The molecule has 0 spiro atoms. The van der Waals surface area contributed by atoms with Crippen LogP contribution in [0.5, 0.6) is 5.75 Å². The van der Waals surface area contributed by atoms with Gasteiger partial charge in [0.05, 0.1) is 31.0 Å². The van der Waals surface area contributed by atoms with E-state index < -0.39 is 28.2 Å². The van der Waals surface area contributed by atoms with Gasteiger partial charge in [0.25, 0.3) is 5.91 Å². The van der Waals surface area contributed by atoms with Crippen LogP contribution >= 0.6 is 0 Å². The molecule has 1 aliphatic rings. The SMILES string of the molecule is CC(C)NC(=O)Nc1ccc2c(c1)C(=O)N([C@@H](C)CO)C[C@@H](C)[C@H](CN(C)S(C)(=O)=O)O2. The van der Waals surface area contributed by atoms with Gasteiger partial charge in [0, 0.05) is 31.2 Å². The lowest BCUT2D eigenvalue weighted by atomic mass is 9.99. The minimum absolute atomic E-state index is 0.0562.